The van der Waals surface area contributed by atoms with Gasteiger partial charge in [0, 0.05) is 45.4 Å². The molecule has 23 heteroatoms. The second-order valence-electron chi connectivity index (χ2n) is 18.0. The first-order valence-electron chi connectivity index (χ1n) is 26.1. The van der Waals surface area contributed by atoms with Crippen LogP contribution in [0.1, 0.15) is 70.5 Å². The van der Waals surface area contributed by atoms with E-state index in [1.165, 1.54) is 0 Å². The number of hydrogen-bond acceptors (Lipinski definition) is 17. The van der Waals surface area contributed by atoms with Gasteiger partial charge < -0.3 is 53.3 Å². The maximum atomic E-state index is 13.2. The maximum absolute atomic E-state index is 13.2. The van der Waals surface area contributed by atoms with Crippen LogP contribution in [0.2, 0.25) is 10.0 Å². The van der Waals surface area contributed by atoms with Crippen molar-refractivity contribution in [2.45, 2.75) is 38.8 Å². The van der Waals surface area contributed by atoms with Crippen molar-refractivity contribution >= 4 is 46.4 Å². The Morgan fingerprint density at radius 1 is 0.468 bits per heavy atom. The summed E-state index contributed by atoms with van der Waals surface area (Å²) < 4.78 is 54.3. The summed E-state index contributed by atoms with van der Waals surface area (Å²) in [6.45, 7) is 9.92. The monoisotopic (exact) mass is 1120 g/mol. The third-order valence-corrected chi connectivity index (χ3v) is 13.1. The van der Waals surface area contributed by atoms with E-state index in [2.05, 4.69) is 31.0 Å². The summed E-state index contributed by atoms with van der Waals surface area (Å²) in [6.07, 6.45) is 0.113. The van der Waals surface area contributed by atoms with Crippen molar-refractivity contribution in [2.24, 2.45) is 9.98 Å². The molecule has 0 saturated heterocycles. The Hall–Kier alpha value is -6.66. The smallest absolute Gasteiger partial charge is 0.222 e. The lowest BCUT2D eigenvalue weighted by atomic mass is 10.00. The summed E-state index contributed by atoms with van der Waals surface area (Å²) in [5, 5.41) is 24.7. The van der Waals surface area contributed by atoms with Gasteiger partial charge in [0.15, 0.2) is 11.6 Å². The highest BCUT2D eigenvalue weighted by atomic mass is 35.5. The largest absolute Gasteiger partial charge is 0.497 e. The lowest BCUT2D eigenvalue weighted by molar-refractivity contribution is -0.122. The summed E-state index contributed by atoms with van der Waals surface area (Å²) in [7, 11) is 3.23. The van der Waals surface area contributed by atoms with Gasteiger partial charge in [0.1, 0.15) is 35.2 Å². The normalized spacial score (nSPS) is 14.5. The number of hydrogen-bond donors (Lipinski definition) is 2. The number of fused-ring (bicyclic) bond motifs is 6. The topological polar surface area (TPSA) is 227 Å². The molecular formula is C56H66Cl2N10O11. The number of aliphatic imine (C=N–C) groups is 2. The molecule has 79 heavy (non-hydrogen) atoms. The van der Waals surface area contributed by atoms with E-state index in [-0.39, 0.29) is 24.7 Å². The van der Waals surface area contributed by atoms with Crippen LogP contribution in [0.3, 0.4) is 0 Å². The number of rotatable bonds is 32. The number of aryl methyl sites for hydroxylation is 2. The van der Waals surface area contributed by atoms with Gasteiger partial charge in [-0.25, -0.2) is 0 Å². The SMILES string of the molecule is COc1ccc2c(c1)C(c1ccc(Cl)cc1)=N[C@@H](CC(=O)NCCOCCOCCOCCOCCOCCOCCOCCNC(=O)C[C@@H]1N=C(c3ccc(Cl)cc3)c3cc(OC)ccc3-n3c(C)nnc31)c1nnc(C)n1-2. The molecule has 2 N–H and O–H groups in total. The molecule has 0 bridgehead atoms. The van der Waals surface area contributed by atoms with E-state index in [0.717, 1.165) is 33.6 Å². The zero-order chi connectivity index (χ0) is 55.3. The van der Waals surface area contributed by atoms with Gasteiger partial charge >= 0.3 is 0 Å². The number of nitrogens with zero attached hydrogens (tertiary/aromatic N) is 8. The number of halogens is 2. The van der Waals surface area contributed by atoms with Gasteiger partial charge in [-0.1, -0.05) is 47.5 Å². The molecule has 0 unspecified atom stereocenters. The van der Waals surface area contributed by atoms with Gasteiger partial charge in [0.25, 0.3) is 0 Å². The summed E-state index contributed by atoms with van der Waals surface area (Å²) in [5.74, 6) is 3.44. The Balaban J connectivity index is 0.607. The molecule has 0 saturated carbocycles. The Kier molecular flexibility index (Phi) is 22.3. The third-order valence-electron chi connectivity index (χ3n) is 12.6. The molecule has 420 valence electrons. The minimum Gasteiger partial charge on any atom is -0.497 e. The van der Waals surface area contributed by atoms with Crippen molar-refractivity contribution in [1.82, 2.24) is 40.2 Å². The average Bonchev–Trinajstić information content (AvgIpc) is 4.18. The number of aromatic nitrogens is 6. The van der Waals surface area contributed by atoms with Gasteiger partial charge in [-0.2, -0.15) is 0 Å². The highest BCUT2D eigenvalue weighted by Gasteiger charge is 2.32. The number of ether oxygens (including phenoxy) is 9. The molecule has 2 aromatic heterocycles. The van der Waals surface area contributed by atoms with Gasteiger partial charge in [0.2, 0.25) is 11.8 Å². The van der Waals surface area contributed by atoms with Crippen molar-refractivity contribution in [3.63, 3.8) is 0 Å². The van der Waals surface area contributed by atoms with Crippen molar-refractivity contribution in [1.29, 1.82) is 0 Å². The van der Waals surface area contributed by atoms with Crippen molar-refractivity contribution in [3.8, 4) is 22.9 Å². The van der Waals surface area contributed by atoms with E-state index in [9.17, 15) is 9.59 Å². The van der Waals surface area contributed by atoms with E-state index in [1.807, 2.05) is 108 Å². The number of methoxy groups -OCH3 is 2. The third kappa shape index (κ3) is 16.2. The fourth-order valence-electron chi connectivity index (χ4n) is 8.80. The molecule has 0 aliphatic carbocycles. The highest BCUT2D eigenvalue weighted by molar-refractivity contribution is 6.31. The molecule has 0 radical (unpaired) electrons. The first kappa shape index (κ1) is 58.5. The molecule has 2 aliphatic rings. The molecular weight excluding hydrogens is 1060 g/mol. The number of amides is 2. The second-order valence-corrected chi connectivity index (χ2v) is 18.9. The van der Waals surface area contributed by atoms with Gasteiger partial charge in [0.05, 0.1) is 142 Å². The van der Waals surface area contributed by atoms with Crippen LogP contribution in [0, 0.1) is 13.8 Å². The minimum absolute atomic E-state index is 0.0563. The summed E-state index contributed by atoms with van der Waals surface area (Å²) in [4.78, 5) is 36.7. The Morgan fingerprint density at radius 2 is 0.797 bits per heavy atom. The van der Waals surface area contributed by atoms with Crippen LogP contribution in [0.4, 0.5) is 0 Å². The van der Waals surface area contributed by atoms with Crippen LogP contribution >= 0.6 is 23.2 Å². The zero-order valence-electron chi connectivity index (χ0n) is 44.8. The molecule has 2 aliphatic heterocycles. The molecule has 0 spiro atoms. The Morgan fingerprint density at radius 3 is 1.13 bits per heavy atom. The second kappa shape index (κ2) is 30.1. The van der Waals surface area contributed by atoms with Crippen molar-refractivity contribution in [2.75, 3.05) is 120 Å². The van der Waals surface area contributed by atoms with Crippen LogP contribution in [0.5, 0.6) is 11.5 Å². The maximum Gasteiger partial charge on any atom is 0.222 e. The summed E-state index contributed by atoms with van der Waals surface area (Å²) in [5.41, 5.74) is 6.40. The fourth-order valence-corrected chi connectivity index (χ4v) is 9.05. The average molecular weight is 1130 g/mol. The van der Waals surface area contributed by atoms with E-state index >= 15 is 0 Å². The molecule has 21 nitrogen and oxygen atoms in total. The predicted octanol–water partition coefficient (Wildman–Crippen LogP) is 6.40. The first-order chi connectivity index (χ1) is 38.6. The number of carbonyl (C=O) groups excluding carboxylic acids is 2. The Labute approximate surface area is 468 Å². The number of carbonyl (C=O) groups is 2. The van der Waals surface area contributed by atoms with E-state index in [4.69, 9.17) is 75.8 Å². The summed E-state index contributed by atoms with van der Waals surface area (Å²) >= 11 is 12.4. The van der Waals surface area contributed by atoms with Crippen LogP contribution < -0.4 is 20.1 Å². The van der Waals surface area contributed by atoms with E-state index in [1.54, 1.807) is 14.2 Å². The molecule has 4 heterocycles. The van der Waals surface area contributed by atoms with Crippen molar-refractivity contribution < 1.29 is 52.2 Å². The van der Waals surface area contributed by atoms with Gasteiger partial charge in [-0.05, 0) is 74.5 Å². The van der Waals surface area contributed by atoms with Crippen LogP contribution in [0.15, 0.2) is 94.9 Å². The fraction of sp³-hybridized carbons (Fsp3) is 0.429. The molecule has 4 aromatic carbocycles. The quantitative estimate of drug-likeness (QED) is 0.0436. The predicted molar refractivity (Wildman–Crippen MR) is 296 cm³/mol. The zero-order valence-corrected chi connectivity index (χ0v) is 46.3. The molecule has 6 aromatic rings. The standard InChI is InChI=1S/C56H66Cl2N10O11/c1-37-63-65-55-47(61-53(39-5-9-41(57)10-6-39)45-33-43(71-3)13-15-49(45)67(37)55)35-51(69)59-17-19-73-21-23-75-25-27-77-29-31-79-32-30-78-28-26-76-24-22-74-20-18-60-52(70)36-48-56-66-64-38(2)68(56)50-16-14-44(72-4)34-46(50)54(62-48)40-7-11-42(58)12-8-40/h5-16,33-34,47-48H,17-32,35-36H2,1-4H3,(H,59,69)(H,60,70)/t47-,48-/m0/s1. The number of benzene rings is 4. The van der Waals surface area contributed by atoms with Gasteiger partial charge in [-0.15, -0.1) is 20.4 Å². The molecule has 2 amide bonds. The Bertz CT molecular complexity index is 2810. The molecule has 8 rings (SSSR count). The first-order valence-corrected chi connectivity index (χ1v) is 26.8. The van der Waals surface area contributed by atoms with E-state index < -0.39 is 12.1 Å². The van der Waals surface area contributed by atoms with Crippen LogP contribution in [-0.2, 0) is 42.7 Å². The summed E-state index contributed by atoms with van der Waals surface area (Å²) in [6, 6.07) is 25.2. The molecule has 0 fully saturated rings. The van der Waals surface area contributed by atoms with Crippen LogP contribution in [0.25, 0.3) is 11.4 Å². The minimum atomic E-state index is -0.607. The lowest BCUT2D eigenvalue weighted by Gasteiger charge is -2.14. The van der Waals surface area contributed by atoms with Gasteiger partial charge in [-0.3, -0.25) is 28.7 Å². The highest BCUT2D eigenvalue weighted by Crippen LogP contribution is 2.36. The van der Waals surface area contributed by atoms with E-state index in [0.29, 0.717) is 162 Å². The van der Waals surface area contributed by atoms with Crippen molar-refractivity contribution in [3.05, 3.63) is 141 Å². The van der Waals surface area contributed by atoms with Crippen LogP contribution in [-0.4, -0.2) is 173 Å². The number of nitrogens with one attached hydrogen (secondary N) is 2. The molecule has 2 atom stereocenters. The lowest BCUT2D eigenvalue weighted by Crippen LogP contribution is -2.29.